The van der Waals surface area contributed by atoms with Crippen LogP contribution in [0.3, 0.4) is 0 Å². The van der Waals surface area contributed by atoms with E-state index in [2.05, 4.69) is 6.92 Å². The number of rotatable bonds is 9. The molecule has 0 saturated carbocycles. The summed E-state index contributed by atoms with van der Waals surface area (Å²) >= 11 is 5.81. The maximum Gasteiger partial charge on any atom is 0.339 e. The zero-order chi connectivity index (χ0) is 10.9. The Bertz CT molecular complexity index is 116. The minimum absolute atomic E-state index is 0.649. The van der Waals surface area contributed by atoms with Crippen LogP contribution in [0.4, 0.5) is 0 Å². The highest BCUT2D eigenvalue weighted by Gasteiger charge is 2.35. The average molecular weight is 239 g/mol. The molecule has 0 fully saturated rings. The van der Waals surface area contributed by atoms with Crippen molar-refractivity contribution >= 4 is 20.2 Å². The molecule has 0 atom stereocenters. The van der Waals surface area contributed by atoms with Crippen molar-refractivity contribution in [3.63, 3.8) is 0 Å². The Balaban J connectivity index is 4.21. The lowest BCUT2D eigenvalue weighted by atomic mass is 10.4. The molecule has 0 aliphatic rings. The molecule has 4 heteroatoms. The van der Waals surface area contributed by atoms with E-state index in [0.29, 0.717) is 5.88 Å². The lowest BCUT2D eigenvalue weighted by molar-refractivity contribution is 0.183. The van der Waals surface area contributed by atoms with Gasteiger partial charge in [0.1, 0.15) is 0 Å². The van der Waals surface area contributed by atoms with Crippen LogP contribution in [0.15, 0.2) is 0 Å². The summed E-state index contributed by atoms with van der Waals surface area (Å²) in [6, 6.07) is 1.99. The zero-order valence-corrected chi connectivity index (χ0v) is 11.4. The van der Waals surface area contributed by atoms with Crippen molar-refractivity contribution < 1.29 is 8.85 Å². The standard InChI is InChI=1S/C10H23ClO2Si/c1-4-7-9-14(10-8-11,12-5-2)13-6-3/h4-10H2,1-3H3. The molecule has 0 aliphatic heterocycles. The van der Waals surface area contributed by atoms with Crippen LogP contribution in [0.5, 0.6) is 0 Å². The summed E-state index contributed by atoms with van der Waals surface area (Å²) in [6.45, 7) is 7.74. The van der Waals surface area contributed by atoms with Crippen LogP contribution in [-0.2, 0) is 8.85 Å². The van der Waals surface area contributed by atoms with Gasteiger partial charge in [0.2, 0.25) is 0 Å². The van der Waals surface area contributed by atoms with Gasteiger partial charge in [-0.15, -0.1) is 11.6 Å². The monoisotopic (exact) mass is 238 g/mol. The summed E-state index contributed by atoms with van der Waals surface area (Å²) in [4.78, 5) is 0. The van der Waals surface area contributed by atoms with Crippen molar-refractivity contribution in [3.8, 4) is 0 Å². The van der Waals surface area contributed by atoms with Gasteiger partial charge in [-0.25, -0.2) is 0 Å². The van der Waals surface area contributed by atoms with E-state index in [1.54, 1.807) is 0 Å². The molecule has 0 N–H and O–H groups in total. The quantitative estimate of drug-likeness (QED) is 0.452. The first-order chi connectivity index (χ1) is 6.74. The van der Waals surface area contributed by atoms with Crippen LogP contribution in [0.1, 0.15) is 33.6 Å². The third-order valence-corrected chi connectivity index (χ3v) is 6.46. The topological polar surface area (TPSA) is 18.5 Å². The molecule has 0 aromatic rings. The van der Waals surface area contributed by atoms with E-state index >= 15 is 0 Å². The van der Waals surface area contributed by atoms with E-state index < -0.39 is 8.56 Å². The second-order valence-electron chi connectivity index (χ2n) is 3.32. The fraction of sp³-hybridized carbons (Fsp3) is 1.00. The Morgan fingerprint density at radius 1 is 1.00 bits per heavy atom. The van der Waals surface area contributed by atoms with Crippen molar-refractivity contribution in [1.82, 2.24) is 0 Å². The minimum atomic E-state index is -1.95. The lowest BCUT2D eigenvalue weighted by Gasteiger charge is -2.29. The minimum Gasteiger partial charge on any atom is -0.394 e. The third kappa shape index (κ3) is 5.34. The molecule has 0 aromatic carbocycles. The van der Waals surface area contributed by atoms with Crippen LogP contribution in [-0.4, -0.2) is 27.7 Å². The van der Waals surface area contributed by atoms with Gasteiger partial charge in [-0.1, -0.05) is 19.8 Å². The second kappa shape index (κ2) is 8.71. The van der Waals surface area contributed by atoms with Crippen molar-refractivity contribution in [2.24, 2.45) is 0 Å². The molecule has 86 valence electrons. The molecule has 0 radical (unpaired) electrons. The number of hydrogen-bond acceptors (Lipinski definition) is 2. The first kappa shape index (κ1) is 14.4. The fourth-order valence-corrected chi connectivity index (χ4v) is 5.58. The summed E-state index contributed by atoms with van der Waals surface area (Å²) in [5.74, 6) is 0.649. The maximum absolute atomic E-state index is 5.84. The molecule has 0 bridgehead atoms. The van der Waals surface area contributed by atoms with E-state index in [-0.39, 0.29) is 0 Å². The van der Waals surface area contributed by atoms with Crippen LogP contribution < -0.4 is 0 Å². The molecule has 0 unspecified atom stereocenters. The Hall–Kier alpha value is 0.427. The van der Waals surface area contributed by atoms with Crippen molar-refractivity contribution in [1.29, 1.82) is 0 Å². The van der Waals surface area contributed by atoms with Gasteiger partial charge in [0.05, 0.1) is 0 Å². The highest BCUT2D eigenvalue weighted by Crippen LogP contribution is 2.22. The van der Waals surface area contributed by atoms with Gasteiger partial charge in [-0.05, 0) is 19.9 Å². The van der Waals surface area contributed by atoms with Gasteiger partial charge >= 0.3 is 8.56 Å². The molecule has 0 aliphatic carbocycles. The highest BCUT2D eigenvalue weighted by molar-refractivity contribution is 6.68. The first-order valence-electron chi connectivity index (χ1n) is 5.58. The third-order valence-electron chi connectivity index (χ3n) is 2.20. The Labute approximate surface area is 94.2 Å². The van der Waals surface area contributed by atoms with E-state index in [0.717, 1.165) is 25.3 Å². The predicted octanol–water partition coefficient (Wildman–Crippen LogP) is 3.54. The van der Waals surface area contributed by atoms with Crippen molar-refractivity contribution in [2.75, 3.05) is 19.1 Å². The molecule has 0 amide bonds. The van der Waals surface area contributed by atoms with E-state index in [4.69, 9.17) is 20.5 Å². The predicted molar refractivity (Wildman–Crippen MR) is 64.2 cm³/mol. The molecule has 0 rings (SSSR count). The summed E-state index contributed by atoms with van der Waals surface area (Å²) in [5, 5.41) is 0. The maximum atomic E-state index is 5.84. The van der Waals surface area contributed by atoms with Gasteiger partial charge in [0, 0.05) is 25.1 Å². The first-order valence-corrected chi connectivity index (χ1v) is 8.35. The summed E-state index contributed by atoms with van der Waals surface area (Å²) in [5.41, 5.74) is 0. The SMILES string of the molecule is CCCC[Si](CCCl)(OCC)OCC. The Morgan fingerprint density at radius 3 is 1.93 bits per heavy atom. The Kier molecular flexibility index (Phi) is 8.98. The van der Waals surface area contributed by atoms with Crippen molar-refractivity contribution in [3.05, 3.63) is 0 Å². The van der Waals surface area contributed by atoms with E-state index in [1.807, 2.05) is 13.8 Å². The van der Waals surface area contributed by atoms with Gasteiger partial charge in [0.25, 0.3) is 0 Å². The van der Waals surface area contributed by atoms with Crippen molar-refractivity contribution in [2.45, 2.75) is 45.7 Å². The van der Waals surface area contributed by atoms with Crippen LogP contribution in [0, 0.1) is 0 Å². The summed E-state index contributed by atoms with van der Waals surface area (Å²) < 4.78 is 11.7. The van der Waals surface area contributed by atoms with Gasteiger partial charge < -0.3 is 8.85 Å². The normalized spacial score (nSPS) is 12.0. The fourth-order valence-electron chi connectivity index (χ4n) is 1.57. The van der Waals surface area contributed by atoms with Crippen LogP contribution in [0.25, 0.3) is 0 Å². The van der Waals surface area contributed by atoms with Gasteiger partial charge in [-0.3, -0.25) is 0 Å². The number of halogens is 1. The molecule has 14 heavy (non-hydrogen) atoms. The highest BCUT2D eigenvalue weighted by atomic mass is 35.5. The van der Waals surface area contributed by atoms with Crippen LogP contribution in [0.2, 0.25) is 12.1 Å². The van der Waals surface area contributed by atoms with Gasteiger partial charge in [-0.2, -0.15) is 0 Å². The van der Waals surface area contributed by atoms with E-state index in [9.17, 15) is 0 Å². The van der Waals surface area contributed by atoms with Gasteiger partial charge in [0.15, 0.2) is 0 Å². The summed E-state index contributed by atoms with van der Waals surface area (Å²) in [6.07, 6.45) is 2.38. The smallest absolute Gasteiger partial charge is 0.339 e. The largest absolute Gasteiger partial charge is 0.394 e. The molecule has 0 heterocycles. The second-order valence-corrected chi connectivity index (χ2v) is 7.10. The lowest BCUT2D eigenvalue weighted by Crippen LogP contribution is -2.42. The molecule has 0 spiro atoms. The summed E-state index contributed by atoms with van der Waals surface area (Å²) in [7, 11) is -1.95. The molecule has 0 aromatic heterocycles. The Morgan fingerprint density at radius 2 is 1.57 bits per heavy atom. The molecular weight excluding hydrogens is 216 g/mol. The molecule has 2 nitrogen and oxygen atoms in total. The average Bonchev–Trinajstić information content (AvgIpc) is 2.16. The van der Waals surface area contributed by atoms with Crippen LogP contribution >= 0.6 is 11.6 Å². The molecular formula is C10H23ClO2Si. The zero-order valence-electron chi connectivity index (χ0n) is 9.64. The number of hydrogen-bond donors (Lipinski definition) is 0. The van der Waals surface area contributed by atoms with E-state index in [1.165, 1.54) is 12.8 Å². The number of alkyl halides is 1. The molecule has 0 saturated heterocycles. The number of unbranched alkanes of at least 4 members (excludes halogenated alkanes) is 1.